The highest BCUT2D eigenvalue weighted by Crippen LogP contribution is 2.34. The van der Waals surface area contributed by atoms with Gasteiger partial charge in [-0.05, 0) is 25.5 Å². The number of nitrogens with one attached hydrogen (secondary N) is 1. The Morgan fingerprint density at radius 2 is 2.31 bits per heavy atom. The van der Waals surface area contributed by atoms with E-state index in [-0.39, 0.29) is 5.60 Å². The summed E-state index contributed by atoms with van der Waals surface area (Å²) in [6.45, 7) is 0.828. The highest BCUT2D eigenvalue weighted by Gasteiger charge is 2.36. The van der Waals surface area contributed by atoms with Gasteiger partial charge in [0, 0.05) is 19.7 Å². The molecule has 5 heteroatoms. The average Bonchev–Trinajstić information content (AvgIpc) is 2.29. The molecule has 1 heterocycles. The van der Waals surface area contributed by atoms with Crippen molar-refractivity contribution in [3.63, 3.8) is 0 Å². The van der Waals surface area contributed by atoms with Crippen molar-refractivity contribution < 1.29 is 4.74 Å². The number of hydrogen-bond acceptors (Lipinski definition) is 5. The van der Waals surface area contributed by atoms with E-state index in [9.17, 15) is 0 Å². The molecule has 0 aromatic carbocycles. The van der Waals surface area contributed by atoms with Crippen LogP contribution in [0.5, 0.6) is 0 Å². The molecule has 0 spiro atoms. The first-order chi connectivity index (χ1) is 7.78. The zero-order valence-electron chi connectivity index (χ0n) is 9.69. The summed E-state index contributed by atoms with van der Waals surface area (Å²) in [5.74, 6) is 0.877. The minimum atomic E-state index is 0.0322. The van der Waals surface area contributed by atoms with Crippen LogP contribution in [0.3, 0.4) is 0 Å². The molecule has 16 heavy (non-hydrogen) atoms. The lowest BCUT2D eigenvalue weighted by Gasteiger charge is -2.40. The Bertz CT molecular complexity index is 349. The molecular weight excluding hydrogens is 222 g/mol. The first kappa shape index (κ1) is 11.7. The maximum Gasteiger partial charge on any atom is 0.130 e. The second kappa shape index (κ2) is 5.01. The molecule has 1 aromatic rings. The lowest BCUT2D eigenvalue weighted by atomic mass is 9.80. The summed E-state index contributed by atoms with van der Waals surface area (Å²) in [5.41, 5.74) is 0.0322. The summed E-state index contributed by atoms with van der Waals surface area (Å²) in [5, 5.41) is 4.31. The first-order valence-corrected chi connectivity index (χ1v) is 6.65. The van der Waals surface area contributed by atoms with E-state index in [1.165, 1.54) is 6.42 Å². The van der Waals surface area contributed by atoms with Crippen molar-refractivity contribution in [2.45, 2.75) is 29.9 Å². The number of anilines is 1. The molecule has 1 aliphatic rings. The van der Waals surface area contributed by atoms with Gasteiger partial charge < -0.3 is 10.1 Å². The lowest BCUT2D eigenvalue weighted by molar-refractivity contribution is -0.0601. The summed E-state index contributed by atoms with van der Waals surface area (Å²) < 4.78 is 5.54. The zero-order chi connectivity index (χ0) is 11.4. The number of nitrogens with zero attached hydrogens (tertiary/aromatic N) is 2. The summed E-state index contributed by atoms with van der Waals surface area (Å²) in [6.07, 6.45) is 7.13. The monoisotopic (exact) mass is 239 g/mol. The fourth-order valence-electron chi connectivity index (χ4n) is 1.82. The summed E-state index contributed by atoms with van der Waals surface area (Å²) >= 11 is 1.62. The quantitative estimate of drug-likeness (QED) is 0.630. The van der Waals surface area contributed by atoms with Crippen molar-refractivity contribution in [1.29, 1.82) is 0 Å². The van der Waals surface area contributed by atoms with E-state index >= 15 is 0 Å². The molecule has 0 atom stereocenters. The van der Waals surface area contributed by atoms with Gasteiger partial charge in [-0.15, -0.1) is 11.8 Å². The van der Waals surface area contributed by atoms with Crippen molar-refractivity contribution in [3.05, 3.63) is 12.4 Å². The van der Waals surface area contributed by atoms with Crippen LogP contribution in [0.4, 0.5) is 5.82 Å². The summed E-state index contributed by atoms with van der Waals surface area (Å²) in [4.78, 5) is 8.33. The molecule has 1 aliphatic carbocycles. The second-order valence-electron chi connectivity index (χ2n) is 4.04. The largest absolute Gasteiger partial charge is 0.376 e. The van der Waals surface area contributed by atoms with Crippen molar-refractivity contribution in [1.82, 2.24) is 9.97 Å². The van der Waals surface area contributed by atoms with Crippen molar-refractivity contribution in [3.8, 4) is 0 Å². The third-order valence-corrected chi connectivity index (χ3v) is 3.78. The van der Waals surface area contributed by atoms with Gasteiger partial charge in [0.2, 0.25) is 0 Å². The molecule has 0 unspecified atom stereocenters. The first-order valence-electron chi connectivity index (χ1n) is 5.43. The van der Waals surface area contributed by atoms with Gasteiger partial charge in [0.25, 0.3) is 0 Å². The highest BCUT2D eigenvalue weighted by molar-refractivity contribution is 7.98. The zero-order valence-corrected chi connectivity index (χ0v) is 10.5. The molecule has 4 nitrogen and oxygen atoms in total. The Morgan fingerprint density at radius 1 is 1.50 bits per heavy atom. The Balaban J connectivity index is 1.93. The van der Waals surface area contributed by atoms with E-state index in [4.69, 9.17) is 4.74 Å². The maximum atomic E-state index is 5.54. The van der Waals surface area contributed by atoms with Gasteiger partial charge in [0.05, 0.1) is 5.60 Å². The lowest BCUT2D eigenvalue weighted by Crippen LogP contribution is -2.45. The molecule has 88 valence electrons. The van der Waals surface area contributed by atoms with E-state index in [1.54, 1.807) is 25.2 Å². The number of thioether (sulfide) groups is 1. The van der Waals surface area contributed by atoms with Crippen LogP contribution in [0.25, 0.3) is 0 Å². The molecular formula is C11H17N3OS. The molecule has 0 saturated heterocycles. The van der Waals surface area contributed by atoms with Crippen LogP contribution in [-0.4, -0.2) is 35.5 Å². The standard InChI is InChI=1S/C11H17N3OS/c1-15-11(4-3-5-11)7-12-9-6-10(16-2)14-8-13-9/h6,8H,3-5,7H2,1-2H3,(H,12,13,14). The van der Waals surface area contributed by atoms with E-state index in [0.717, 1.165) is 30.2 Å². The smallest absolute Gasteiger partial charge is 0.130 e. The Labute approximate surface area is 100 Å². The minimum Gasteiger partial charge on any atom is -0.376 e. The summed E-state index contributed by atoms with van der Waals surface area (Å²) in [6, 6.07) is 1.96. The predicted octanol–water partition coefficient (Wildman–Crippen LogP) is 2.18. The van der Waals surface area contributed by atoms with E-state index < -0.39 is 0 Å². The number of methoxy groups -OCH3 is 1. The maximum absolute atomic E-state index is 5.54. The SMILES string of the molecule is COC1(CNc2cc(SC)ncn2)CCC1. The molecule has 1 N–H and O–H groups in total. The van der Waals surface area contributed by atoms with Gasteiger partial charge in [-0.1, -0.05) is 0 Å². The number of hydrogen-bond donors (Lipinski definition) is 1. The van der Waals surface area contributed by atoms with E-state index in [2.05, 4.69) is 15.3 Å². The fraction of sp³-hybridized carbons (Fsp3) is 0.636. The van der Waals surface area contributed by atoms with Gasteiger partial charge in [-0.25, -0.2) is 9.97 Å². The molecule has 0 amide bonds. The predicted molar refractivity (Wildman–Crippen MR) is 65.9 cm³/mol. The van der Waals surface area contributed by atoms with Crippen LogP contribution in [0.15, 0.2) is 17.4 Å². The normalized spacial score (nSPS) is 17.9. The van der Waals surface area contributed by atoms with Crippen molar-refractivity contribution >= 4 is 17.6 Å². The molecule has 0 aliphatic heterocycles. The van der Waals surface area contributed by atoms with Crippen molar-refractivity contribution in [2.24, 2.45) is 0 Å². The third-order valence-electron chi connectivity index (χ3n) is 3.14. The van der Waals surface area contributed by atoms with Crippen LogP contribution >= 0.6 is 11.8 Å². The van der Waals surface area contributed by atoms with Gasteiger partial charge in [0.1, 0.15) is 17.2 Å². The van der Waals surface area contributed by atoms with Crippen LogP contribution < -0.4 is 5.32 Å². The summed E-state index contributed by atoms with van der Waals surface area (Å²) in [7, 11) is 1.79. The van der Waals surface area contributed by atoms with E-state index in [0.29, 0.717) is 0 Å². The van der Waals surface area contributed by atoms with Crippen LogP contribution in [0.2, 0.25) is 0 Å². The fourth-order valence-corrected chi connectivity index (χ4v) is 2.21. The Kier molecular flexibility index (Phi) is 3.66. The molecule has 0 bridgehead atoms. The molecule has 2 rings (SSSR count). The highest BCUT2D eigenvalue weighted by atomic mass is 32.2. The number of ether oxygens (including phenoxy) is 1. The molecule has 1 saturated carbocycles. The Morgan fingerprint density at radius 3 is 2.88 bits per heavy atom. The van der Waals surface area contributed by atoms with E-state index in [1.807, 2.05) is 12.3 Å². The Hall–Kier alpha value is -0.810. The van der Waals surface area contributed by atoms with Crippen molar-refractivity contribution in [2.75, 3.05) is 25.2 Å². The molecule has 1 fully saturated rings. The van der Waals surface area contributed by atoms with Gasteiger partial charge in [-0.2, -0.15) is 0 Å². The van der Waals surface area contributed by atoms with Crippen LogP contribution in [0.1, 0.15) is 19.3 Å². The second-order valence-corrected chi connectivity index (χ2v) is 4.87. The van der Waals surface area contributed by atoms with Crippen LogP contribution in [-0.2, 0) is 4.74 Å². The topological polar surface area (TPSA) is 47.0 Å². The number of rotatable bonds is 5. The number of aromatic nitrogens is 2. The molecule has 0 radical (unpaired) electrons. The van der Waals surface area contributed by atoms with Gasteiger partial charge >= 0.3 is 0 Å². The van der Waals surface area contributed by atoms with Crippen LogP contribution in [0, 0.1) is 0 Å². The minimum absolute atomic E-state index is 0.0322. The molecule has 1 aromatic heterocycles. The van der Waals surface area contributed by atoms with Gasteiger partial charge in [-0.3, -0.25) is 0 Å². The van der Waals surface area contributed by atoms with Gasteiger partial charge in [0.15, 0.2) is 0 Å². The third kappa shape index (κ3) is 2.47. The average molecular weight is 239 g/mol.